The first-order chi connectivity index (χ1) is 7.24. The number of rotatable bonds is 2. The van der Waals surface area contributed by atoms with Crippen molar-refractivity contribution in [3.63, 3.8) is 0 Å². The number of hydrogen-bond acceptors (Lipinski definition) is 2. The van der Waals surface area contributed by atoms with Gasteiger partial charge in [0.05, 0.1) is 0 Å². The fourth-order valence-corrected chi connectivity index (χ4v) is 2.37. The van der Waals surface area contributed by atoms with Crippen LogP contribution in [-0.2, 0) is 0 Å². The van der Waals surface area contributed by atoms with Crippen molar-refractivity contribution in [3.05, 3.63) is 51.5 Å². The van der Waals surface area contributed by atoms with E-state index < -0.39 is 0 Å². The molecule has 4 heteroatoms. The Bertz CT molecular complexity index is 439. The molecule has 0 amide bonds. The van der Waals surface area contributed by atoms with Crippen LogP contribution in [0.5, 0.6) is 11.6 Å². The van der Waals surface area contributed by atoms with Gasteiger partial charge < -0.3 is 4.74 Å². The molecule has 2 nitrogen and oxygen atoms in total. The Kier molecular flexibility index (Phi) is 3.38. The predicted molar refractivity (Wildman–Crippen MR) is 66.2 cm³/mol. The molecule has 0 unspecified atom stereocenters. The minimum Gasteiger partial charge on any atom is -0.439 e. The molecule has 1 aromatic carbocycles. The maximum atomic E-state index is 5.57. The molecule has 0 bridgehead atoms. The summed E-state index contributed by atoms with van der Waals surface area (Å²) in [6.45, 7) is 0. The van der Waals surface area contributed by atoms with Gasteiger partial charge in [-0.15, -0.1) is 0 Å². The Hall–Kier alpha value is -0.870. The molecule has 0 fully saturated rings. The number of benzene rings is 1. The molecular formula is C11H7Br2NO. The lowest BCUT2D eigenvalue weighted by Gasteiger charge is -2.05. The van der Waals surface area contributed by atoms with Crippen molar-refractivity contribution in [1.82, 2.24) is 4.98 Å². The van der Waals surface area contributed by atoms with Crippen molar-refractivity contribution in [2.75, 3.05) is 0 Å². The number of aromatic nitrogens is 1. The lowest BCUT2D eigenvalue weighted by molar-refractivity contribution is 0.462. The van der Waals surface area contributed by atoms with E-state index in [1.54, 1.807) is 6.20 Å². The third-order valence-corrected chi connectivity index (χ3v) is 2.61. The van der Waals surface area contributed by atoms with E-state index in [9.17, 15) is 0 Å². The molecule has 0 aliphatic rings. The Morgan fingerprint density at radius 3 is 2.33 bits per heavy atom. The molecule has 0 N–H and O–H groups in total. The van der Waals surface area contributed by atoms with Crippen LogP contribution in [0.15, 0.2) is 51.5 Å². The summed E-state index contributed by atoms with van der Waals surface area (Å²) in [5.74, 6) is 1.33. The lowest BCUT2D eigenvalue weighted by Crippen LogP contribution is -1.86. The zero-order chi connectivity index (χ0) is 10.7. The third-order valence-electron chi connectivity index (χ3n) is 1.70. The zero-order valence-electron chi connectivity index (χ0n) is 7.65. The molecular weight excluding hydrogens is 322 g/mol. The van der Waals surface area contributed by atoms with Crippen molar-refractivity contribution in [1.29, 1.82) is 0 Å². The summed E-state index contributed by atoms with van der Waals surface area (Å²) in [4.78, 5) is 4.08. The number of halogens is 2. The molecule has 0 atom stereocenters. The molecule has 0 aliphatic heterocycles. The monoisotopic (exact) mass is 327 g/mol. The summed E-state index contributed by atoms with van der Waals surface area (Å²) < 4.78 is 7.49. The van der Waals surface area contributed by atoms with Gasteiger partial charge in [0, 0.05) is 21.2 Å². The highest BCUT2D eigenvalue weighted by atomic mass is 79.9. The normalized spacial score (nSPS) is 10.0. The van der Waals surface area contributed by atoms with E-state index in [0.29, 0.717) is 5.88 Å². The van der Waals surface area contributed by atoms with Crippen LogP contribution in [0.3, 0.4) is 0 Å². The third kappa shape index (κ3) is 3.04. The molecule has 0 saturated carbocycles. The maximum Gasteiger partial charge on any atom is 0.219 e. The van der Waals surface area contributed by atoms with Gasteiger partial charge in [-0.05, 0) is 24.3 Å². The minimum absolute atomic E-state index is 0.586. The van der Waals surface area contributed by atoms with Crippen LogP contribution in [0, 0.1) is 0 Å². The second-order valence-corrected chi connectivity index (χ2v) is 4.71. The van der Waals surface area contributed by atoms with Crippen molar-refractivity contribution in [2.45, 2.75) is 0 Å². The van der Waals surface area contributed by atoms with E-state index in [1.807, 2.05) is 36.4 Å². The van der Waals surface area contributed by atoms with Crippen LogP contribution < -0.4 is 4.74 Å². The zero-order valence-corrected chi connectivity index (χ0v) is 10.8. The number of pyridine rings is 1. The summed E-state index contributed by atoms with van der Waals surface area (Å²) >= 11 is 6.79. The number of ether oxygens (including phenoxy) is 1. The first kappa shape index (κ1) is 10.6. The molecule has 1 heterocycles. The fraction of sp³-hybridized carbons (Fsp3) is 0. The predicted octanol–water partition coefficient (Wildman–Crippen LogP) is 4.40. The summed E-state index contributed by atoms with van der Waals surface area (Å²) in [6, 6.07) is 11.3. The first-order valence-electron chi connectivity index (χ1n) is 4.29. The largest absolute Gasteiger partial charge is 0.439 e. The highest BCUT2D eigenvalue weighted by Gasteiger charge is 2.00. The van der Waals surface area contributed by atoms with Crippen LogP contribution >= 0.6 is 31.9 Å². The van der Waals surface area contributed by atoms with Gasteiger partial charge in [-0.25, -0.2) is 4.98 Å². The molecule has 2 rings (SSSR count). The van der Waals surface area contributed by atoms with Gasteiger partial charge in [-0.3, -0.25) is 0 Å². The van der Waals surface area contributed by atoms with Crippen LogP contribution in [-0.4, -0.2) is 4.98 Å². The van der Waals surface area contributed by atoms with Gasteiger partial charge in [0.2, 0.25) is 5.88 Å². The van der Waals surface area contributed by atoms with E-state index in [4.69, 9.17) is 4.74 Å². The van der Waals surface area contributed by atoms with Crippen LogP contribution in [0.4, 0.5) is 0 Å². The van der Waals surface area contributed by atoms with E-state index in [0.717, 1.165) is 14.7 Å². The fourth-order valence-electron chi connectivity index (χ4n) is 1.12. The minimum atomic E-state index is 0.586. The van der Waals surface area contributed by atoms with Gasteiger partial charge in [-0.2, -0.15) is 0 Å². The van der Waals surface area contributed by atoms with E-state index in [-0.39, 0.29) is 0 Å². The molecule has 0 spiro atoms. The maximum absolute atomic E-state index is 5.57. The van der Waals surface area contributed by atoms with E-state index >= 15 is 0 Å². The second-order valence-electron chi connectivity index (χ2n) is 2.88. The molecule has 76 valence electrons. The summed E-state index contributed by atoms with van der Waals surface area (Å²) in [6.07, 6.45) is 1.70. The molecule has 0 saturated heterocycles. The lowest BCUT2D eigenvalue weighted by atomic mass is 10.3. The average Bonchev–Trinajstić information content (AvgIpc) is 2.17. The summed E-state index contributed by atoms with van der Waals surface area (Å²) in [5, 5.41) is 0. The van der Waals surface area contributed by atoms with Gasteiger partial charge in [0.15, 0.2) is 0 Å². The molecule has 1 aromatic heterocycles. The second kappa shape index (κ2) is 4.77. The van der Waals surface area contributed by atoms with Gasteiger partial charge >= 0.3 is 0 Å². The Labute approximate surface area is 105 Å². The smallest absolute Gasteiger partial charge is 0.219 e. The highest BCUT2D eigenvalue weighted by Crippen LogP contribution is 2.27. The highest BCUT2D eigenvalue weighted by molar-refractivity contribution is 9.11. The van der Waals surface area contributed by atoms with Crippen molar-refractivity contribution in [2.24, 2.45) is 0 Å². The van der Waals surface area contributed by atoms with E-state index in [2.05, 4.69) is 36.8 Å². The SMILES string of the molecule is Brc1cc(Br)cc(Oc2ccccn2)c1. The van der Waals surface area contributed by atoms with Crippen molar-refractivity contribution in [3.8, 4) is 11.6 Å². The topological polar surface area (TPSA) is 22.1 Å². The molecule has 0 aliphatic carbocycles. The summed E-state index contributed by atoms with van der Waals surface area (Å²) in [5.41, 5.74) is 0. The van der Waals surface area contributed by atoms with E-state index in [1.165, 1.54) is 0 Å². The molecule has 15 heavy (non-hydrogen) atoms. The number of nitrogens with zero attached hydrogens (tertiary/aromatic N) is 1. The van der Waals surface area contributed by atoms with Gasteiger partial charge in [0.1, 0.15) is 5.75 Å². The van der Waals surface area contributed by atoms with Crippen molar-refractivity contribution >= 4 is 31.9 Å². The van der Waals surface area contributed by atoms with Crippen molar-refractivity contribution < 1.29 is 4.74 Å². The quantitative estimate of drug-likeness (QED) is 0.815. The Morgan fingerprint density at radius 2 is 1.73 bits per heavy atom. The van der Waals surface area contributed by atoms with Gasteiger partial charge in [-0.1, -0.05) is 37.9 Å². The standard InChI is InChI=1S/C11H7Br2NO/c12-8-5-9(13)7-10(6-8)15-11-3-1-2-4-14-11/h1-7H. The summed E-state index contributed by atoms with van der Waals surface area (Å²) in [7, 11) is 0. The first-order valence-corrected chi connectivity index (χ1v) is 5.87. The Morgan fingerprint density at radius 1 is 1.00 bits per heavy atom. The Balaban J connectivity index is 2.25. The van der Waals surface area contributed by atoms with Gasteiger partial charge in [0.25, 0.3) is 0 Å². The average molecular weight is 329 g/mol. The van der Waals surface area contributed by atoms with Crippen LogP contribution in [0.2, 0.25) is 0 Å². The number of hydrogen-bond donors (Lipinski definition) is 0. The molecule has 2 aromatic rings. The van der Waals surface area contributed by atoms with Crippen LogP contribution in [0.25, 0.3) is 0 Å². The van der Waals surface area contributed by atoms with Crippen LogP contribution in [0.1, 0.15) is 0 Å². The molecule has 0 radical (unpaired) electrons.